The molecule has 1 saturated heterocycles. The normalized spacial score (nSPS) is 19.7. The SMILES string of the molecule is CC1CC(C)CN(C(=O)c2ccccc2NS(=O)(=O)c2ccc3[nH]c(=O)[nH]c3c2)C1. The van der Waals surface area contributed by atoms with E-state index in [9.17, 15) is 18.0 Å². The number of nitrogens with one attached hydrogen (secondary N) is 3. The maximum atomic E-state index is 13.2. The van der Waals surface area contributed by atoms with Gasteiger partial charge in [0.25, 0.3) is 15.9 Å². The van der Waals surface area contributed by atoms with Gasteiger partial charge in [-0.1, -0.05) is 26.0 Å². The smallest absolute Gasteiger partial charge is 0.323 e. The minimum absolute atomic E-state index is 0.00674. The summed E-state index contributed by atoms with van der Waals surface area (Å²) in [7, 11) is -3.96. The molecule has 0 saturated carbocycles. The first-order valence-corrected chi connectivity index (χ1v) is 11.3. The molecule has 2 aromatic carbocycles. The average Bonchev–Trinajstić information content (AvgIpc) is 3.06. The Kier molecular flexibility index (Phi) is 5.15. The van der Waals surface area contributed by atoms with Crippen molar-refractivity contribution in [2.45, 2.75) is 25.2 Å². The Morgan fingerprint density at radius 3 is 2.43 bits per heavy atom. The maximum Gasteiger partial charge on any atom is 0.323 e. The molecular formula is C21H24N4O4S. The zero-order valence-corrected chi connectivity index (χ0v) is 17.6. The minimum Gasteiger partial charge on any atom is -0.338 e. The third kappa shape index (κ3) is 3.97. The number of fused-ring (bicyclic) bond motifs is 1. The monoisotopic (exact) mass is 428 g/mol. The molecule has 4 rings (SSSR count). The van der Waals surface area contributed by atoms with Crippen molar-refractivity contribution in [1.82, 2.24) is 14.9 Å². The van der Waals surface area contributed by atoms with E-state index in [1.54, 1.807) is 29.2 Å². The lowest BCUT2D eigenvalue weighted by Crippen LogP contribution is -2.42. The third-order valence-electron chi connectivity index (χ3n) is 5.36. The summed E-state index contributed by atoms with van der Waals surface area (Å²) >= 11 is 0. The molecule has 158 valence electrons. The van der Waals surface area contributed by atoms with E-state index in [0.29, 0.717) is 41.5 Å². The lowest BCUT2D eigenvalue weighted by atomic mass is 9.91. The molecule has 3 aromatic rings. The van der Waals surface area contributed by atoms with Crippen LogP contribution in [-0.2, 0) is 10.0 Å². The van der Waals surface area contributed by atoms with Crippen molar-refractivity contribution in [2.75, 3.05) is 17.8 Å². The van der Waals surface area contributed by atoms with Crippen LogP contribution in [0, 0.1) is 11.8 Å². The molecule has 0 bridgehead atoms. The van der Waals surface area contributed by atoms with Gasteiger partial charge >= 0.3 is 5.69 Å². The van der Waals surface area contributed by atoms with Crippen molar-refractivity contribution in [3.8, 4) is 0 Å². The molecule has 1 fully saturated rings. The van der Waals surface area contributed by atoms with Crippen molar-refractivity contribution in [2.24, 2.45) is 11.8 Å². The highest BCUT2D eigenvalue weighted by atomic mass is 32.2. The molecule has 2 unspecified atom stereocenters. The van der Waals surface area contributed by atoms with E-state index in [1.807, 2.05) is 0 Å². The number of rotatable bonds is 4. The number of anilines is 1. The maximum absolute atomic E-state index is 13.2. The fourth-order valence-electron chi connectivity index (χ4n) is 4.14. The lowest BCUT2D eigenvalue weighted by Gasteiger charge is -2.35. The summed E-state index contributed by atoms with van der Waals surface area (Å²) < 4.78 is 28.5. The van der Waals surface area contributed by atoms with Crippen LogP contribution in [0.1, 0.15) is 30.6 Å². The number of piperidine rings is 1. The van der Waals surface area contributed by atoms with E-state index < -0.39 is 15.7 Å². The molecule has 1 aliphatic rings. The van der Waals surface area contributed by atoms with Gasteiger partial charge in [-0.05, 0) is 48.6 Å². The molecule has 1 amide bonds. The number of nitrogens with zero attached hydrogens (tertiary/aromatic N) is 1. The highest BCUT2D eigenvalue weighted by Gasteiger charge is 2.28. The quantitative estimate of drug-likeness (QED) is 0.593. The number of aromatic nitrogens is 2. The van der Waals surface area contributed by atoms with Gasteiger partial charge in [-0.15, -0.1) is 0 Å². The number of H-pyrrole nitrogens is 2. The van der Waals surface area contributed by atoms with Gasteiger partial charge in [-0.3, -0.25) is 9.52 Å². The number of carbonyl (C=O) groups excluding carboxylic acids is 1. The van der Waals surface area contributed by atoms with E-state index in [-0.39, 0.29) is 16.5 Å². The largest absolute Gasteiger partial charge is 0.338 e. The number of amides is 1. The number of aromatic amines is 2. The van der Waals surface area contributed by atoms with Crippen molar-refractivity contribution < 1.29 is 13.2 Å². The van der Waals surface area contributed by atoms with E-state index in [1.165, 1.54) is 18.2 Å². The number of sulfonamides is 1. The number of hydrogen-bond donors (Lipinski definition) is 3. The number of benzene rings is 2. The molecule has 1 aliphatic heterocycles. The van der Waals surface area contributed by atoms with Crippen LogP contribution in [0.4, 0.5) is 5.69 Å². The molecule has 30 heavy (non-hydrogen) atoms. The van der Waals surface area contributed by atoms with Gasteiger partial charge in [0.2, 0.25) is 0 Å². The lowest BCUT2D eigenvalue weighted by molar-refractivity contribution is 0.0624. The Hall–Kier alpha value is -3.07. The molecule has 0 spiro atoms. The second-order valence-electron chi connectivity index (χ2n) is 8.09. The molecule has 2 heterocycles. The summed E-state index contributed by atoms with van der Waals surface area (Å²) in [4.78, 5) is 31.5. The van der Waals surface area contributed by atoms with Gasteiger partial charge in [-0.25, -0.2) is 13.2 Å². The van der Waals surface area contributed by atoms with Crippen molar-refractivity contribution >= 4 is 32.7 Å². The van der Waals surface area contributed by atoms with Gasteiger partial charge in [0.05, 0.1) is 27.2 Å². The van der Waals surface area contributed by atoms with Crippen molar-refractivity contribution in [3.63, 3.8) is 0 Å². The van der Waals surface area contributed by atoms with Crippen LogP contribution >= 0.6 is 0 Å². The van der Waals surface area contributed by atoms with Gasteiger partial charge in [0, 0.05) is 13.1 Å². The van der Waals surface area contributed by atoms with Crippen LogP contribution in [0.25, 0.3) is 11.0 Å². The van der Waals surface area contributed by atoms with Crippen LogP contribution < -0.4 is 10.4 Å². The second-order valence-corrected chi connectivity index (χ2v) is 9.78. The zero-order valence-electron chi connectivity index (χ0n) is 16.8. The Balaban J connectivity index is 1.64. The molecule has 3 N–H and O–H groups in total. The minimum atomic E-state index is -3.96. The van der Waals surface area contributed by atoms with Gasteiger partial charge < -0.3 is 14.9 Å². The Bertz CT molecular complexity index is 1250. The summed E-state index contributed by atoms with van der Waals surface area (Å²) in [6.07, 6.45) is 1.07. The number of likely N-dealkylation sites (tertiary alicyclic amines) is 1. The Labute approximate surface area is 174 Å². The van der Waals surface area contributed by atoms with Crippen molar-refractivity contribution in [3.05, 3.63) is 58.5 Å². The predicted molar refractivity (Wildman–Crippen MR) is 115 cm³/mol. The summed E-state index contributed by atoms with van der Waals surface area (Å²) in [6, 6.07) is 10.9. The zero-order chi connectivity index (χ0) is 21.5. The van der Waals surface area contributed by atoms with Gasteiger partial charge in [-0.2, -0.15) is 0 Å². The first kappa shape index (κ1) is 20.2. The number of carbonyl (C=O) groups is 1. The summed E-state index contributed by atoms with van der Waals surface area (Å²) in [5.74, 6) is 0.616. The molecular weight excluding hydrogens is 404 g/mol. The fraction of sp³-hybridized carbons (Fsp3) is 0.333. The van der Waals surface area contributed by atoms with E-state index in [4.69, 9.17) is 0 Å². The first-order valence-electron chi connectivity index (χ1n) is 9.86. The number of imidazole rings is 1. The average molecular weight is 429 g/mol. The summed E-state index contributed by atoms with van der Waals surface area (Å²) in [5, 5.41) is 0. The van der Waals surface area contributed by atoms with Crippen LogP contribution in [0.15, 0.2) is 52.2 Å². The van der Waals surface area contributed by atoms with E-state index >= 15 is 0 Å². The van der Waals surface area contributed by atoms with Crippen LogP contribution in [0.5, 0.6) is 0 Å². The van der Waals surface area contributed by atoms with E-state index in [2.05, 4.69) is 28.5 Å². The Morgan fingerprint density at radius 1 is 1.03 bits per heavy atom. The number of hydrogen-bond acceptors (Lipinski definition) is 4. The third-order valence-corrected chi connectivity index (χ3v) is 6.72. The second kappa shape index (κ2) is 7.64. The van der Waals surface area contributed by atoms with Crippen molar-refractivity contribution in [1.29, 1.82) is 0 Å². The van der Waals surface area contributed by atoms with E-state index in [0.717, 1.165) is 6.42 Å². The highest BCUT2D eigenvalue weighted by Crippen LogP contribution is 2.26. The van der Waals surface area contributed by atoms with Gasteiger partial charge in [0.1, 0.15) is 0 Å². The Morgan fingerprint density at radius 2 is 1.70 bits per heavy atom. The van der Waals surface area contributed by atoms with Crippen LogP contribution in [-0.4, -0.2) is 42.3 Å². The van der Waals surface area contributed by atoms with Crippen LogP contribution in [0.2, 0.25) is 0 Å². The standard InChI is InChI=1S/C21H24N4O4S/c1-13-9-14(2)12-25(11-13)20(26)16-5-3-4-6-17(16)24-30(28,29)15-7-8-18-19(10-15)23-21(27)22-18/h3-8,10,13-14,24H,9,11-12H2,1-2H3,(H2,22,23,27). The molecule has 0 aliphatic carbocycles. The molecule has 1 aromatic heterocycles. The molecule has 9 heteroatoms. The highest BCUT2D eigenvalue weighted by molar-refractivity contribution is 7.92. The summed E-state index contributed by atoms with van der Waals surface area (Å²) in [5.41, 5.74) is 1.05. The number of para-hydroxylation sites is 1. The van der Waals surface area contributed by atoms with Gasteiger partial charge in [0.15, 0.2) is 0 Å². The summed E-state index contributed by atoms with van der Waals surface area (Å²) in [6.45, 7) is 5.54. The predicted octanol–water partition coefficient (Wildman–Crippen LogP) is 2.78. The topological polar surface area (TPSA) is 115 Å². The van der Waals surface area contributed by atoms with Crippen LogP contribution in [0.3, 0.4) is 0 Å². The fourth-order valence-corrected chi connectivity index (χ4v) is 5.25. The molecule has 2 atom stereocenters. The molecule has 8 nitrogen and oxygen atoms in total. The molecule has 0 radical (unpaired) electrons. The first-order chi connectivity index (χ1) is 14.2.